The first-order valence-electron chi connectivity index (χ1n) is 8.71. The van der Waals surface area contributed by atoms with Gasteiger partial charge in [0.05, 0.1) is 45.6 Å². The number of benzene rings is 1. The third kappa shape index (κ3) is 4.01. The van der Waals surface area contributed by atoms with Gasteiger partial charge in [-0.1, -0.05) is 12.1 Å². The number of hydrogen-bond donors (Lipinski definition) is 1. The van der Waals surface area contributed by atoms with Gasteiger partial charge in [0.2, 0.25) is 11.8 Å². The molecule has 0 spiro atoms. The van der Waals surface area contributed by atoms with Gasteiger partial charge in [0.15, 0.2) is 5.82 Å². The Morgan fingerprint density at radius 3 is 2.48 bits per heavy atom. The van der Waals surface area contributed by atoms with E-state index < -0.39 is 6.10 Å². The van der Waals surface area contributed by atoms with Crippen LogP contribution in [0.2, 0.25) is 0 Å². The fraction of sp³-hybridized carbons (Fsp3) is 0.421. The van der Waals surface area contributed by atoms with Crippen LogP contribution in [0.4, 0.5) is 0 Å². The third-order valence-corrected chi connectivity index (χ3v) is 4.49. The lowest BCUT2D eigenvalue weighted by molar-refractivity contribution is 0.0520. The minimum atomic E-state index is -0.678. The van der Waals surface area contributed by atoms with E-state index in [9.17, 15) is 9.90 Å². The van der Waals surface area contributed by atoms with Gasteiger partial charge in [-0.25, -0.2) is 0 Å². The molecule has 0 bridgehead atoms. The summed E-state index contributed by atoms with van der Waals surface area (Å²) >= 11 is 0. The number of carbonyl (C=O) groups is 1. The van der Waals surface area contributed by atoms with Gasteiger partial charge < -0.3 is 24.2 Å². The smallest absolute Gasteiger partial charge is 0.254 e. The van der Waals surface area contributed by atoms with E-state index in [0.29, 0.717) is 41.9 Å². The second-order valence-electron chi connectivity index (χ2n) is 6.12. The lowest BCUT2D eigenvalue weighted by atomic mass is 10.1. The van der Waals surface area contributed by atoms with Gasteiger partial charge in [0, 0.05) is 17.7 Å². The van der Waals surface area contributed by atoms with Crippen molar-refractivity contribution in [2.24, 2.45) is 0 Å². The maximum atomic E-state index is 13.0. The van der Waals surface area contributed by atoms with Crippen LogP contribution in [0.25, 0.3) is 11.4 Å². The third-order valence-electron chi connectivity index (χ3n) is 4.49. The molecule has 1 fully saturated rings. The van der Waals surface area contributed by atoms with Crippen molar-refractivity contribution in [3.63, 3.8) is 0 Å². The zero-order valence-corrected chi connectivity index (χ0v) is 15.6. The Bertz CT molecular complexity index is 791. The molecule has 8 nitrogen and oxygen atoms in total. The molecule has 144 valence electrons. The predicted octanol–water partition coefficient (Wildman–Crippen LogP) is 1.38. The fourth-order valence-electron chi connectivity index (χ4n) is 3.06. The van der Waals surface area contributed by atoms with Gasteiger partial charge in [-0.2, -0.15) is 9.97 Å². The highest BCUT2D eigenvalue weighted by Crippen LogP contribution is 2.24. The number of carbonyl (C=O) groups excluding carboxylic acids is 1. The average molecular weight is 373 g/mol. The molecule has 0 saturated carbocycles. The van der Waals surface area contributed by atoms with Crippen LogP contribution in [-0.2, 0) is 4.74 Å². The Balaban J connectivity index is 1.92. The molecule has 1 saturated heterocycles. The van der Waals surface area contributed by atoms with Crippen LogP contribution < -0.4 is 9.47 Å². The molecule has 0 radical (unpaired) electrons. The molecule has 2 atom stereocenters. The number of rotatable bonds is 6. The summed E-state index contributed by atoms with van der Waals surface area (Å²) in [7, 11) is 3.03. The van der Waals surface area contributed by atoms with Gasteiger partial charge in [-0.05, 0) is 19.1 Å². The number of aliphatic hydroxyl groups is 1. The second-order valence-corrected chi connectivity index (χ2v) is 6.12. The van der Waals surface area contributed by atoms with Gasteiger partial charge >= 0.3 is 0 Å². The van der Waals surface area contributed by atoms with Crippen molar-refractivity contribution in [1.82, 2.24) is 14.9 Å². The van der Waals surface area contributed by atoms with Crippen LogP contribution in [0.5, 0.6) is 11.8 Å². The molecular weight excluding hydrogens is 350 g/mol. The number of amides is 1. The summed E-state index contributed by atoms with van der Waals surface area (Å²) in [4.78, 5) is 23.3. The Labute approximate surface area is 157 Å². The van der Waals surface area contributed by atoms with Gasteiger partial charge in [-0.3, -0.25) is 4.79 Å². The standard InChI is InChI=1S/C19H23N3O5/c1-4-22(14-10-27-11-15(14)23)19(24)13-7-5-6-12(8-13)18-20-16(25-2)9-17(21-18)26-3/h5-9,14-15,23H,4,10-11H2,1-3H3. The van der Waals surface area contributed by atoms with Crippen molar-refractivity contribution in [3.8, 4) is 23.1 Å². The molecule has 1 N–H and O–H groups in total. The summed E-state index contributed by atoms with van der Waals surface area (Å²) in [6.45, 7) is 2.92. The molecule has 27 heavy (non-hydrogen) atoms. The molecule has 1 aliphatic rings. The Morgan fingerprint density at radius 1 is 1.22 bits per heavy atom. The predicted molar refractivity (Wildman–Crippen MR) is 97.9 cm³/mol. The van der Waals surface area contributed by atoms with E-state index in [1.807, 2.05) is 13.0 Å². The number of aromatic nitrogens is 2. The van der Waals surface area contributed by atoms with Crippen LogP contribution in [-0.4, -0.2) is 72.0 Å². The van der Waals surface area contributed by atoms with Crippen molar-refractivity contribution in [1.29, 1.82) is 0 Å². The molecule has 2 heterocycles. The highest BCUT2D eigenvalue weighted by atomic mass is 16.5. The first-order valence-corrected chi connectivity index (χ1v) is 8.71. The average Bonchev–Trinajstić information content (AvgIpc) is 3.13. The van der Waals surface area contributed by atoms with Crippen LogP contribution in [0.1, 0.15) is 17.3 Å². The van der Waals surface area contributed by atoms with Crippen LogP contribution >= 0.6 is 0 Å². The normalized spacial score (nSPS) is 19.0. The number of nitrogens with zero attached hydrogens (tertiary/aromatic N) is 3. The number of hydrogen-bond acceptors (Lipinski definition) is 7. The summed E-state index contributed by atoms with van der Waals surface area (Å²) in [5, 5.41) is 10.1. The number of ether oxygens (including phenoxy) is 3. The Hall–Kier alpha value is -2.71. The van der Waals surface area contributed by atoms with Gasteiger partial charge in [0.25, 0.3) is 5.91 Å². The molecular formula is C19H23N3O5. The van der Waals surface area contributed by atoms with Crippen LogP contribution in [0, 0.1) is 0 Å². The van der Waals surface area contributed by atoms with Gasteiger partial charge in [-0.15, -0.1) is 0 Å². The monoisotopic (exact) mass is 373 g/mol. The highest BCUT2D eigenvalue weighted by Gasteiger charge is 2.34. The van der Waals surface area contributed by atoms with Crippen LogP contribution in [0.15, 0.2) is 30.3 Å². The lowest BCUT2D eigenvalue weighted by Crippen LogP contribution is -2.46. The van der Waals surface area contributed by atoms with Crippen molar-refractivity contribution in [3.05, 3.63) is 35.9 Å². The van der Waals surface area contributed by atoms with Crippen molar-refractivity contribution in [2.45, 2.75) is 19.1 Å². The molecule has 1 aromatic carbocycles. The Kier molecular flexibility index (Phi) is 5.88. The minimum Gasteiger partial charge on any atom is -0.481 e. The van der Waals surface area contributed by atoms with E-state index in [0.717, 1.165) is 0 Å². The van der Waals surface area contributed by atoms with Crippen LogP contribution in [0.3, 0.4) is 0 Å². The summed E-state index contributed by atoms with van der Waals surface area (Å²) in [5.74, 6) is 0.960. The molecule has 1 aliphatic heterocycles. The van der Waals surface area contributed by atoms with Crippen molar-refractivity contribution >= 4 is 5.91 Å². The molecule has 8 heteroatoms. The summed E-state index contributed by atoms with van der Waals surface area (Å²) in [5.41, 5.74) is 1.15. The first kappa shape index (κ1) is 19.1. The van der Waals surface area contributed by atoms with E-state index in [1.165, 1.54) is 14.2 Å². The maximum Gasteiger partial charge on any atom is 0.254 e. The quantitative estimate of drug-likeness (QED) is 0.817. The number of likely N-dealkylation sites (N-methyl/N-ethyl adjacent to an activating group) is 1. The van der Waals surface area contributed by atoms with E-state index >= 15 is 0 Å². The molecule has 3 rings (SSSR count). The Morgan fingerprint density at radius 2 is 1.93 bits per heavy atom. The van der Waals surface area contributed by atoms with E-state index in [-0.39, 0.29) is 18.6 Å². The highest BCUT2D eigenvalue weighted by molar-refractivity contribution is 5.95. The first-order chi connectivity index (χ1) is 13.1. The molecule has 2 aromatic rings. The SMILES string of the molecule is CCN(C(=O)c1cccc(-c2nc(OC)cc(OC)n2)c1)C1COCC1O. The zero-order valence-electron chi connectivity index (χ0n) is 15.6. The van der Waals surface area contributed by atoms with E-state index in [1.54, 1.807) is 29.2 Å². The van der Waals surface area contributed by atoms with E-state index in [4.69, 9.17) is 14.2 Å². The summed E-state index contributed by atoms with van der Waals surface area (Å²) in [6, 6.07) is 8.27. The lowest BCUT2D eigenvalue weighted by Gasteiger charge is -2.29. The molecule has 0 aliphatic carbocycles. The topological polar surface area (TPSA) is 94.0 Å². The molecule has 1 amide bonds. The summed E-state index contributed by atoms with van der Waals surface area (Å²) < 4.78 is 15.7. The van der Waals surface area contributed by atoms with Crippen molar-refractivity contribution < 1.29 is 24.1 Å². The number of aliphatic hydroxyl groups excluding tert-OH is 1. The minimum absolute atomic E-state index is 0.177. The largest absolute Gasteiger partial charge is 0.481 e. The fourth-order valence-corrected chi connectivity index (χ4v) is 3.06. The van der Waals surface area contributed by atoms with E-state index in [2.05, 4.69) is 9.97 Å². The van der Waals surface area contributed by atoms with Gasteiger partial charge in [0.1, 0.15) is 0 Å². The zero-order chi connectivity index (χ0) is 19.4. The summed E-state index contributed by atoms with van der Waals surface area (Å²) in [6.07, 6.45) is -0.678. The molecule has 2 unspecified atom stereocenters. The molecule has 1 aromatic heterocycles. The van der Waals surface area contributed by atoms with Crippen molar-refractivity contribution in [2.75, 3.05) is 34.0 Å². The second kappa shape index (κ2) is 8.32. The maximum absolute atomic E-state index is 13.0. The number of methoxy groups -OCH3 is 2.